The maximum atomic E-state index is 13.1. The van der Waals surface area contributed by atoms with Crippen LogP contribution in [0.4, 0.5) is 13.2 Å². The molecule has 0 spiro atoms. The molecule has 0 fully saturated rings. The number of hydrogen-bond acceptors (Lipinski definition) is 3. The molecule has 1 atom stereocenters. The van der Waals surface area contributed by atoms with Crippen molar-refractivity contribution in [1.29, 1.82) is 5.26 Å². The second kappa shape index (κ2) is 9.86. The van der Waals surface area contributed by atoms with E-state index in [0.717, 1.165) is 12.1 Å². The Bertz CT molecular complexity index is 780. The third-order valence-corrected chi connectivity index (χ3v) is 3.62. The van der Waals surface area contributed by atoms with Crippen LogP contribution in [-0.4, -0.2) is 5.11 Å². The summed E-state index contributed by atoms with van der Waals surface area (Å²) in [5.74, 6) is 0.318. The van der Waals surface area contributed by atoms with E-state index in [2.05, 4.69) is 0 Å². The maximum absolute atomic E-state index is 13.1. The molecule has 2 aromatic rings. The van der Waals surface area contributed by atoms with E-state index in [1.165, 1.54) is 18.2 Å². The highest BCUT2D eigenvalue weighted by atomic mass is 19.4. The molecule has 0 saturated carbocycles. The lowest BCUT2D eigenvalue weighted by molar-refractivity contribution is -0.137. The quantitative estimate of drug-likeness (QED) is 0.647. The Labute approximate surface area is 158 Å². The van der Waals surface area contributed by atoms with Crippen LogP contribution in [0.15, 0.2) is 42.5 Å². The largest absolute Gasteiger partial charge is 0.508 e. The molecule has 3 nitrogen and oxygen atoms in total. The van der Waals surface area contributed by atoms with Gasteiger partial charge >= 0.3 is 6.18 Å². The van der Waals surface area contributed by atoms with Crippen LogP contribution >= 0.6 is 0 Å². The molecule has 146 valence electrons. The molecule has 0 amide bonds. The second-order valence-electron chi connectivity index (χ2n) is 6.15. The Kier molecular flexibility index (Phi) is 8.17. The maximum Gasteiger partial charge on any atom is 0.417 e. The number of phenols is 1. The molecule has 6 heteroatoms. The fourth-order valence-electron chi connectivity index (χ4n) is 2.50. The van der Waals surface area contributed by atoms with Gasteiger partial charge < -0.3 is 9.84 Å². The van der Waals surface area contributed by atoms with Crippen LogP contribution in [-0.2, 0) is 6.18 Å². The van der Waals surface area contributed by atoms with Crippen molar-refractivity contribution in [3.63, 3.8) is 0 Å². The first-order valence-electron chi connectivity index (χ1n) is 8.77. The number of benzene rings is 2. The molecular weight excluding hydrogens is 355 g/mol. The van der Waals surface area contributed by atoms with Gasteiger partial charge in [-0.25, -0.2) is 0 Å². The Hall–Kier alpha value is -2.68. The van der Waals surface area contributed by atoms with Crippen LogP contribution < -0.4 is 4.74 Å². The number of phenolic OH excluding ortho intramolecular Hbond substituents is 1. The van der Waals surface area contributed by atoms with E-state index in [-0.39, 0.29) is 17.4 Å². The molecule has 0 saturated heterocycles. The van der Waals surface area contributed by atoms with Gasteiger partial charge in [0.2, 0.25) is 0 Å². The van der Waals surface area contributed by atoms with Gasteiger partial charge in [0.1, 0.15) is 17.6 Å². The number of alkyl halides is 3. The van der Waals surface area contributed by atoms with Crippen molar-refractivity contribution in [3.8, 4) is 17.6 Å². The van der Waals surface area contributed by atoms with Crippen LogP contribution in [0.2, 0.25) is 0 Å². The number of halogens is 3. The number of nitrogens with zero attached hydrogens (tertiary/aromatic N) is 1. The Morgan fingerprint density at radius 2 is 1.78 bits per heavy atom. The predicted molar refractivity (Wildman–Crippen MR) is 98.4 cm³/mol. The summed E-state index contributed by atoms with van der Waals surface area (Å²) in [4.78, 5) is 0. The van der Waals surface area contributed by atoms with Gasteiger partial charge in [-0.05, 0) is 48.2 Å². The van der Waals surface area contributed by atoms with Gasteiger partial charge in [-0.1, -0.05) is 39.8 Å². The molecule has 0 aromatic heterocycles. The summed E-state index contributed by atoms with van der Waals surface area (Å²) in [6, 6.07) is 11.3. The highest BCUT2D eigenvalue weighted by Crippen LogP contribution is 2.36. The van der Waals surface area contributed by atoms with Gasteiger partial charge in [-0.15, -0.1) is 0 Å². The molecule has 0 bridgehead atoms. The van der Waals surface area contributed by atoms with Crippen LogP contribution in [0.25, 0.3) is 0 Å². The normalized spacial score (nSPS) is 12.0. The van der Waals surface area contributed by atoms with Crippen molar-refractivity contribution in [3.05, 3.63) is 59.2 Å². The number of nitriles is 1. The zero-order chi connectivity index (χ0) is 20.6. The third kappa shape index (κ3) is 6.52. The molecule has 27 heavy (non-hydrogen) atoms. The average Bonchev–Trinajstić information content (AvgIpc) is 2.61. The van der Waals surface area contributed by atoms with Crippen LogP contribution in [0.1, 0.15) is 56.9 Å². The topological polar surface area (TPSA) is 53.2 Å². The molecule has 0 aliphatic heterocycles. The lowest BCUT2D eigenvalue weighted by Crippen LogP contribution is -2.12. The molecule has 0 radical (unpaired) electrons. The SMILES string of the molecule is CC.CC(C)CC(Oc1ccc(C#N)c(C(F)(F)F)c1)c1cccc(O)c1. The Morgan fingerprint density at radius 3 is 2.30 bits per heavy atom. The van der Waals surface area contributed by atoms with E-state index >= 15 is 0 Å². The molecule has 1 N–H and O–H groups in total. The van der Waals surface area contributed by atoms with Gasteiger partial charge in [0.05, 0.1) is 17.2 Å². The van der Waals surface area contributed by atoms with E-state index in [4.69, 9.17) is 10.00 Å². The number of hydrogen-bond donors (Lipinski definition) is 1. The smallest absolute Gasteiger partial charge is 0.417 e. The van der Waals surface area contributed by atoms with E-state index in [0.29, 0.717) is 12.0 Å². The van der Waals surface area contributed by atoms with Gasteiger partial charge in [0.25, 0.3) is 0 Å². The lowest BCUT2D eigenvalue weighted by atomic mass is 9.99. The lowest BCUT2D eigenvalue weighted by Gasteiger charge is -2.22. The predicted octanol–water partition coefficient (Wildman–Crippen LogP) is 6.48. The van der Waals surface area contributed by atoms with Gasteiger partial charge in [-0.2, -0.15) is 18.4 Å². The minimum Gasteiger partial charge on any atom is -0.508 e. The van der Waals surface area contributed by atoms with Crippen LogP contribution in [0.5, 0.6) is 11.5 Å². The number of ether oxygens (including phenoxy) is 1. The fraction of sp³-hybridized carbons (Fsp3) is 0.381. The van der Waals surface area contributed by atoms with E-state index < -0.39 is 23.4 Å². The summed E-state index contributed by atoms with van der Waals surface area (Å²) in [5, 5.41) is 18.5. The molecule has 0 aliphatic carbocycles. The highest BCUT2D eigenvalue weighted by Gasteiger charge is 2.34. The van der Waals surface area contributed by atoms with E-state index in [1.807, 2.05) is 27.7 Å². The van der Waals surface area contributed by atoms with E-state index in [1.54, 1.807) is 18.2 Å². The summed E-state index contributed by atoms with van der Waals surface area (Å²) < 4.78 is 45.1. The fourth-order valence-corrected chi connectivity index (χ4v) is 2.50. The molecule has 0 heterocycles. The second-order valence-corrected chi connectivity index (χ2v) is 6.15. The monoisotopic (exact) mass is 379 g/mol. The molecular formula is C21H24F3NO2. The molecule has 2 rings (SSSR count). The first-order valence-corrected chi connectivity index (χ1v) is 8.77. The Balaban J connectivity index is 0.00000176. The van der Waals surface area contributed by atoms with Crippen molar-refractivity contribution in [2.75, 3.05) is 0 Å². The molecule has 2 aromatic carbocycles. The number of rotatable bonds is 5. The number of aromatic hydroxyl groups is 1. The van der Waals surface area contributed by atoms with Crippen molar-refractivity contribution in [2.45, 2.75) is 46.4 Å². The van der Waals surface area contributed by atoms with E-state index in [9.17, 15) is 18.3 Å². The van der Waals surface area contributed by atoms with Crippen LogP contribution in [0, 0.1) is 17.2 Å². The minimum atomic E-state index is -4.64. The van der Waals surface area contributed by atoms with Crippen molar-refractivity contribution in [2.24, 2.45) is 5.92 Å². The summed E-state index contributed by atoms with van der Waals surface area (Å²) >= 11 is 0. The minimum absolute atomic E-state index is 0.0281. The highest BCUT2D eigenvalue weighted by molar-refractivity contribution is 5.44. The average molecular weight is 379 g/mol. The zero-order valence-corrected chi connectivity index (χ0v) is 15.8. The van der Waals surface area contributed by atoms with Crippen molar-refractivity contribution < 1.29 is 23.0 Å². The van der Waals surface area contributed by atoms with Crippen molar-refractivity contribution >= 4 is 0 Å². The summed E-state index contributed by atoms with van der Waals surface area (Å²) in [6.07, 6.45) is -4.59. The first-order chi connectivity index (χ1) is 12.7. The van der Waals surface area contributed by atoms with Gasteiger partial charge in [-0.3, -0.25) is 0 Å². The summed E-state index contributed by atoms with van der Waals surface area (Å²) in [7, 11) is 0. The summed E-state index contributed by atoms with van der Waals surface area (Å²) in [5.41, 5.74) is -0.795. The Morgan fingerprint density at radius 1 is 1.11 bits per heavy atom. The standard InChI is InChI=1S/C19H18F3NO2.C2H6/c1-12(2)8-18(13-4-3-5-15(24)9-13)25-16-7-6-14(11-23)17(10-16)19(20,21)22;1-2/h3-7,9-10,12,18,24H,8H2,1-2H3;1-2H3. The summed E-state index contributed by atoms with van der Waals surface area (Å²) in [6.45, 7) is 7.94. The molecule has 1 unspecified atom stereocenters. The third-order valence-electron chi connectivity index (χ3n) is 3.62. The van der Waals surface area contributed by atoms with Gasteiger partial charge in [0.15, 0.2) is 0 Å². The molecule has 0 aliphatic rings. The van der Waals surface area contributed by atoms with Crippen molar-refractivity contribution in [1.82, 2.24) is 0 Å². The van der Waals surface area contributed by atoms with Gasteiger partial charge in [0, 0.05) is 0 Å². The van der Waals surface area contributed by atoms with Crippen LogP contribution in [0.3, 0.4) is 0 Å². The zero-order valence-electron chi connectivity index (χ0n) is 15.8. The first kappa shape index (κ1) is 22.4.